The van der Waals surface area contributed by atoms with Crippen molar-refractivity contribution in [3.63, 3.8) is 0 Å². The topological polar surface area (TPSA) is 115 Å². The fraction of sp³-hybridized carbons (Fsp3) is 0.455. The van der Waals surface area contributed by atoms with Gasteiger partial charge < -0.3 is 15.0 Å². The maximum Gasteiger partial charge on any atom is 0.410 e. The molecule has 1 aliphatic rings. The second-order valence-corrected chi connectivity index (χ2v) is 9.05. The number of carbonyl (C=O) groups excluding carboxylic acids is 2. The molecule has 0 saturated carbocycles. The van der Waals surface area contributed by atoms with E-state index in [-0.39, 0.29) is 29.2 Å². The van der Waals surface area contributed by atoms with Crippen molar-refractivity contribution in [1.82, 2.24) is 29.2 Å². The molecular weight excluding hydrogens is 429 g/mol. The SMILES string of the molecule is Cc1cn2cc(NC(=O)c3cnc(C4CCN(C(=O)OC(C)(C)C)CC4)cn3)nc(F)c2n1. The number of hydrogen-bond donors (Lipinski definition) is 1. The number of anilines is 1. The van der Waals surface area contributed by atoms with E-state index >= 15 is 0 Å². The molecule has 2 amide bonds. The Morgan fingerprint density at radius 2 is 1.85 bits per heavy atom. The molecule has 1 aliphatic heterocycles. The number of nitrogens with zero attached hydrogens (tertiary/aromatic N) is 6. The van der Waals surface area contributed by atoms with E-state index in [0.717, 1.165) is 18.5 Å². The Morgan fingerprint density at radius 3 is 2.48 bits per heavy atom. The van der Waals surface area contributed by atoms with Gasteiger partial charge in [-0.2, -0.15) is 9.37 Å². The number of fused-ring (bicyclic) bond motifs is 1. The minimum absolute atomic E-state index is 0.0443. The lowest BCUT2D eigenvalue weighted by Crippen LogP contribution is -2.41. The lowest BCUT2D eigenvalue weighted by molar-refractivity contribution is 0.0204. The number of amides is 2. The van der Waals surface area contributed by atoms with Crippen molar-refractivity contribution in [1.29, 1.82) is 0 Å². The van der Waals surface area contributed by atoms with Crippen molar-refractivity contribution in [2.45, 2.75) is 52.1 Å². The third-order valence-electron chi connectivity index (χ3n) is 5.23. The Bertz CT molecular complexity index is 1180. The van der Waals surface area contributed by atoms with Gasteiger partial charge in [0.25, 0.3) is 11.9 Å². The molecule has 0 atom stereocenters. The highest BCUT2D eigenvalue weighted by molar-refractivity contribution is 6.02. The third kappa shape index (κ3) is 5.24. The van der Waals surface area contributed by atoms with Crippen molar-refractivity contribution in [2.75, 3.05) is 18.4 Å². The third-order valence-corrected chi connectivity index (χ3v) is 5.23. The normalized spacial score (nSPS) is 15.0. The molecule has 10 nitrogen and oxygen atoms in total. The fourth-order valence-electron chi connectivity index (χ4n) is 3.67. The van der Waals surface area contributed by atoms with Crippen LogP contribution in [0, 0.1) is 12.9 Å². The zero-order valence-electron chi connectivity index (χ0n) is 19.0. The largest absolute Gasteiger partial charge is 0.444 e. The molecule has 1 fully saturated rings. The Hall–Kier alpha value is -3.63. The van der Waals surface area contributed by atoms with Crippen molar-refractivity contribution in [2.24, 2.45) is 0 Å². The smallest absolute Gasteiger partial charge is 0.410 e. The first kappa shape index (κ1) is 22.6. The average Bonchev–Trinajstić information content (AvgIpc) is 3.13. The van der Waals surface area contributed by atoms with E-state index in [2.05, 4.69) is 25.3 Å². The van der Waals surface area contributed by atoms with Crippen LogP contribution >= 0.6 is 0 Å². The first-order valence-corrected chi connectivity index (χ1v) is 10.7. The van der Waals surface area contributed by atoms with E-state index in [0.29, 0.717) is 18.8 Å². The van der Waals surface area contributed by atoms with Crippen molar-refractivity contribution in [3.05, 3.63) is 47.8 Å². The monoisotopic (exact) mass is 455 g/mol. The van der Waals surface area contributed by atoms with Gasteiger partial charge in [0.1, 0.15) is 11.3 Å². The highest BCUT2D eigenvalue weighted by Gasteiger charge is 2.28. The van der Waals surface area contributed by atoms with Gasteiger partial charge in [-0.3, -0.25) is 14.2 Å². The second-order valence-electron chi connectivity index (χ2n) is 9.05. The molecule has 3 aromatic rings. The highest BCUT2D eigenvalue weighted by atomic mass is 19.1. The summed E-state index contributed by atoms with van der Waals surface area (Å²) in [6, 6.07) is 0. The molecule has 33 heavy (non-hydrogen) atoms. The van der Waals surface area contributed by atoms with Gasteiger partial charge in [-0.15, -0.1) is 0 Å². The summed E-state index contributed by atoms with van der Waals surface area (Å²) in [5.41, 5.74) is 1.05. The van der Waals surface area contributed by atoms with Crippen LogP contribution in [0.3, 0.4) is 0 Å². The molecule has 11 heteroatoms. The molecular formula is C22H26FN7O3. The number of hydrogen-bond acceptors (Lipinski definition) is 7. The Morgan fingerprint density at radius 1 is 1.12 bits per heavy atom. The van der Waals surface area contributed by atoms with Crippen molar-refractivity contribution in [3.8, 4) is 0 Å². The van der Waals surface area contributed by atoms with Crippen LogP contribution < -0.4 is 5.32 Å². The summed E-state index contributed by atoms with van der Waals surface area (Å²) in [6.07, 6.45) is 7.23. The van der Waals surface area contributed by atoms with E-state index in [4.69, 9.17) is 4.74 Å². The lowest BCUT2D eigenvalue weighted by Gasteiger charge is -2.33. The first-order chi connectivity index (χ1) is 15.6. The quantitative estimate of drug-likeness (QED) is 0.644. The molecule has 0 bridgehead atoms. The summed E-state index contributed by atoms with van der Waals surface area (Å²) in [6.45, 7) is 8.40. The number of likely N-dealkylation sites (tertiary alicyclic amines) is 1. The van der Waals surface area contributed by atoms with E-state index in [9.17, 15) is 14.0 Å². The molecule has 3 aromatic heterocycles. The maximum atomic E-state index is 14.1. The standard InChI is InChI=1S/C22H26FN7O3/c1-13-11-30-12-17(27-18(23)19(30)26-13)28-20(31)16-10-24-15(9-25-16)14-5-7-29(8-6-14)21(32)33-22(2,3)4/h9-12,14H,5-8H2,1-4H3,(H,28,31). The summed E-state index contributed by atoms with van der Waals surface area (Å²) >= 11 is 0. The predicted octanol–water partition coefficient (Wildman–Crippen LogP) is 3.33. The zero-order valence-corrected chi connectivity index (χ0v) is 19.0. The molecule has 1 saturated heterocycles. The molecule has 4 heterocycles. The minimum Gasteiger partial charge on any atom is -0.444 e. The van der Waals surface area contributed by atoms with Crippen LogP contribution in [0.1, 0.15) is 61.4 Å². The molecule has 1 N–H and O–H groups in total. The van der Waals surface area contributed by atoms with E-state index < -0.39 is 17.5 Å². The number of ether oxygens (including phenoxy) is 1. The number of piperidine rings is 1. The van der Waals surface area contributed by atoms with Gasteiger partial charge >= 0.3 is 6.09 Å². The minimum atomic E-state index is -0.778. The van der Waals surface area contributed by atoms with Gasteiger partial charge in [0.15, 0.2) is 11.5 Å². The first-order valence-electron chi connectivity index (χ1n) is 10.7. The molecule has 0 radical (unpaired) electrons. The highest BCUT2D eigenvalue weighted by Crippen LogP contribution is 2.27. The van der Waals surface area contributed by atoms with Crippen LogP contribution in [0.25, 0.3) is 5.65 Å². The van der Waals surface area contributed by atoms with Gasteiger partial charge in [0.05, 0.1) is 23.8 Å². The lowest BCUT2D eigenvalue weighted by atomic mass is 9.94. The fourth-order valence-corrected chi connectivity index (χ4v) is 3.67. The number of imidazole rings is 1. The summed E-state index contributed by atoms with van der Waals surface area (Å²) in [5, 5.41) is 2.54. The van der Waals surface area contributed by atoms with Crippen LogP contribution in [0.15, 0.2) is 24.8 Å². The van der Waals surface area contributed by atoms with Crippen LogP contribution in [0.2, 0.25) is 0 Å². The van der Waals surface area contributed by atoms with E-state index in [1.807, 2.05) is 20.8 Å². The van der Waals surface area contributed by atoms with Gasteiger partial charge in [0.2, 0.25) is 0 Å². The maximum absolute atomic E-state index is 14.1. The van der Waals surface area contributed by atoms with Crippen LogP contribution in [-0.4, -0.2) is 59.9 Å². The number of nitrogens with one attached hydrogen (secondary N) is 1. The number of aryl methyl sites for hydroxylation is 1. The van der Waals surface area contributed by atoms with E-state index in [1.165, 1.54) is 16.8 Å². The number of aromatic nitrogens is 5. The Kier molecular flexibility index (Phi) is 5.96. The second kappa shape index (κ2) is 8.72. The van der Waals surface area contributed by atoms with Gasteiger partial charge in [-0.1, -0.05) is 0 Å². The zero-order chi connectivity index (χ0) is 23.8. The van der Waals surface area contributed by atoms with E-state index in [1.54, 1.807) is 24.2 Å². The molecule has 0 aromatic carbocycles. The predicted molar refractivity (Wildman–Crippen MR) is 117 cm³/mol. The summed E-state index contributed by atoms with van der Waals surface area (Å²) in [4.78, 5) is 42.8. The number of carbonyl (C=O) groups is 2. The number of rotatable bonds is 3. The molecule has 0 unspecified atom stereocenters. The van der Waals surface area contributed by atoms with Crippen molar-refractivity contribution >= 4 is 23.5 Å². The number of halogens is 1. The van der Waals surface area contributed by atoms with Crippen LogP contribution in [0.5, 0.6) is 0 Å². The molecule has 174 valence electrons. The van der Waals surface area contributed by atoms with Gasteiger partial charge in [-0.05, 0) is 40.5 Å². The molecule has 4 rings (SSSR count). The molecule has 0 spiro atoms. The summed E-state index contributed by atoms with van der Waals surface area (Å²) < 4.78 is 21.0. The molecule has 0 aliphatic carbocycles. The van der Waals surface area contributed by atoms with Gasteiger partial charge in [0, 0.05) is 31.4 Å². The van der Waals surface area contributed by atoms with Crippen LogP contribution in [-0.2, 0) is 4.74 Å². The van der Waals surface area contributed by atoms with Crippen molar-refractivity contribution < 1.29 is 18.7 Å². The summed E-state index contributed by atoms with van der Waals surface area (Å²) in [5.74, 6) is -1.14. The average molecular weight is 455 g/mol. The summed E-state index contributed by atoms with van der Waals surface area (Å²) in [7, 11) is 0. The van der Waals surface area contributed by atoms with Crippen LogP contribution in [0.4, 0.5) is 15.0 Å². The van der Waals surface area contributed by atoms with Gasteiger partial charge in [-0.25, -0.2) is 14.8 Å². The Labute approximate surface area is 190 Å². The Balaban J connectivity index is 1.37.